The average molecular weight is 712 g/mol. The average Bonchev–Trinajstić information content (AvgIpc) is 3.35. The van der Waals surface area contributed by atoms with Crippen LogP contribution in [0.25, 0.3) is 10.1 Å². The second kappa shape index (κ2) is 14.8. The van der Waals surface area contributed by atoms with Crippen molar-refractivity contribution in [1.82, 2.24) is 4.90 Å². The van der Waals surface area contributed by atoms with E-state index in [4.69, 9.17) is 4.74 Å². The zero-order chi connectivity index (χ0) is 33.8. The van der Waals surface area contributed by atoms with Gasteiger partial charge in [0, 0.05) is 30.5 Å². The molecule has 8 nitrogen and oxygen atoms in total. The highest BCUT2D eigenvalue weighted by Gasteiger charge is 2.32. The molecule has 1 saturated heterocycles. The number of hydrogen-bond donors (Lipinski definition) is 3. The maximum Gasteiger partial charge on any atom is 0.393 e. The van der Waals surface area contributed by atoms with Crippen LogP contribution in [0, 0.1) is 11.8 Å². The lowest BCUT2D eigenvalue weighted by Crippen LogP contribution is -2.48. The molecule has 47 heavy (non-hydrogen) atoms. The molecular formula is C33H41F3N3O5PS2. The zero-order valence-electron chi connectivity index (χ0n) is 26.5. The van der Waals surface area contributed by atoms with E-state index in [1.54, 1.807) is 43.7 Å². The van der Waals surface area contributed by atoms with Crippen molar-refractivity contribution in [1.29, 1.82) is 0 Å². The second-order valence-electron chi connectivity index (χ2n) is 12.5. The van der Waals surface area contributed by atoms with Crippen LogP contribution >= 0.6 is 18.5 Å². The van der Waals surface area contributed by atoms with Gasteiger partial charge in [-0.25, -0.2) is 8.42 Å². The maximum atomic E-state index is 13.7. The van der Waals surface area contributed by atoms with Crippen molar-refractivity contribution in [2.45, 2.75) is 50.4 Å². The Bertz CT molecular complexity index is 1770. The fourth-order valence-corrected chi connectivity index (χ4v) is 9.45. The number of nitrogens with one attached hydrogen (secondary N) is 2. The van der Waals surface area contributed by atoms with E-state index in [1.807, 2.05) is 6.07 Å². The molecule has 3 aromatic rings. The van der Waals surface area contributed by atoms with Crippen molar-refractivity contribution in [2.24, 2.45) is 0 Å². The number of benzene rings is 2. The largest absolute Gasteiger partial charge is 0.489 e. The van der Waals surface area contributed by atoms with Gasteiger partial charge in [-0.2, -0.15) is 13.2 Å². The minimum atomic E-state index is -4.41. The van der Waals surface area contributed by atoms with E-state index in [9.17, 15) is 31.3 Å². The Morgan fingerprint density at radius 2 is 1.81 bits per heavy atom. The van der Waals surface area contributed by atoms with Crippen LogP contribution in [0.1, 0.15) is 36.1 Å². The molecule has 256 valence electrons. The molecule has 1 saturated carbocycles. The quantitative estimate of drug-likeness (QED) is 0.186. The van der Waals surface area contributed by atoms with Gasteiger partial charge in [0.2, 0.25) is 0 Å². The third kappa shape index (κ3) is 9.45. The van der Waals surface area contributed by atoms with Gasteiger partial charge in [-0.05, 0) is 74.2 Å². The third-order valence-electron chi connectivity index (χ3n) is 8.65. The van der Waals surface area contributed by atoms with Crippen molar-refractivity contribution >= 4 is 55.1 Å². The minimum Gasteiger partial charge on any atom is -0.489 e. The molecule has 1 aliphatic heterocycles. The van der Waals surface area contributed by atoms with E-state index in [0.29, 0.717) is 46.1 Å². The van der Waals surface area contributed by atoms with E-state index >= 15 is 0 Å². The lowest BCUT2D eigenvalue weighted by atomic mass is 9.90. The molecule has 2 fully saturated rings. The number of ether oxygens (including phenoxy) is 1. The van der Waals surface area contributed by atoms with Gasteiger partial charge in [-0.15, -0.1) is 11.3 Å². The molecule has 0 unspecified atom stereocenters. The van der Waals surface area contributed by atoms with Gasteiger partial charge in [0.25, 0.3) is 0 Å². The highest BCUT2D eigenvalue weighted by atomic mass is 32.2. The first kappa shape index (κ1) is 35.6. The van der Waals surface area contributed by atoms with E-state index in [0.717, 1.165) is 36.1 Å². The molecule has 2 aliphatic rings. The summed E-state index contributed by atoms with van der Waals surface area (Å²) in [6, 6.07) is 11.0. The van der Waals surface area contributed by atoms with Crippen molar-refractivity contribution in [2.75, 3.05) is 68.3 Å². The number of alkyl halides is 3. The normalized spacial score (nSPS) is 20.4. The molecule has 0 amide bonds. The van der Waals surface area contributed by atoms with Crippen LogP contribution in [0.4, 0.5) is 24.5 Å². The highest BCUT2D eigenvalue weighted by molar-refractivity contribution is 7.91. The molecule has 0 atom stereocenters. The topological polar surface area (TPSA) is 108 Å². The number of sulfone groups is 1. The van der Waals surface area contributed by atoms with E-state index < -0.39 is 29.6 Å². The number of fused-ring (bicyclic) bond motifs is 1. The Balaban J connectivity index is 1.31. The van der Waals surface area contributed by atoms with Gasteiger partial charge in [-0.3, -0.25) is 4.90 Å². The van der Waals surface area contributed by atoms with Gasteiger partial charge in [0.15, 0.2) is 9.84 Å². The van der Waals surface area contributed by atoms with Crippen LogP contribution in [0.3, 0.4) is 0 Å². The molecule has 3 N–H and O–H groups in total. The molecule has 0 spiro atoms. The summed E-state index contributed by atoms with van der Waals surface area (Å²) in [6.45, 7) is 4.44. The SMILES string of the molecule is CP(C)(=O)c1ccc(NCC#Cc2sc3c(NC4CCC(N5CCS(=O)(=O)CC5)CC4)cccc3c2CC(F)(F)F)c(OCCO)c1. The second-order valence-corrected chi connectivity index (χ2v) is 19.0. The molecule has 0 radical (unpaired) electrons. The summed E-state index contributed by atoms with van der Waals surface area (Å²) in [6.07, 6.45) is -1.83. The smallest absolute Gasteiger partial charge is 0.393 e. The Labute approximate surface area is 278 Å². The molecule has 5 rings (SSSR count). The predicted molar refractivity (Wildman–Crippen MR) is 185 cm³/mol. The summed E-state index contributed by atoms with van der Waals surface area (Å²) >= 11 is 1.26. The van der Waals surface area contributed by atoms with E-state index in [1.165, 1.54) is 11.3 Å². The lowest BCUT2D eigenvalue weighted by Gasteiger charge is -2.39. The number of aliphatic hydroxyl groups is 1. The minimum absolute atomic E-state index is 0.0484. The number of aliphatic hydroxyl groups excluding tert-OH is 1. The number of anilines is 2. The number of hydrogen-bond acceptors (Lipinski definition) is 9. The van der Waals surface area contributed by atoms with Crippen molar-refractivity contribution in [3.8, 4) is 17.6 Å². The standard InChI is InChI=1S/C33H41F3N3O5PS2/c1-45(2,41)25-12-13-28(30(21-25)44-18-17-40)37-14-4-7-31-27(22-33(34,35)36)26-5-3-6-29(32(26)46-31)38-23-8-10-24(11-9-23)39-15-19-47(42,43)20-16-39/h3,5-6,12-13,21,23-24,37-38,40H,8-11,14-20,22H2,1-2H3. The monoisotopic (exact) mass is 711 g/mol. The number of rotatable bonds is 10. The molecule has 2 aromatic carbocycles. The summed E-state index contributed by atoms with van der Waals surface area (Å²) in [5.74, 6) is 6.78. The fourth-order valence-electron chi connectivity index (χ4n) is 6.19. The summed E-state index contributed by atoms with van der Waals surface area (Å²) in [7, 11) is -5.48. The molecular weight excluding hydrogens is 670 g/mol. The Hall–Kier alpha value is -2.75. The lowest BCUT2D eigenvalue weighted by molar-refractivity contribution is -0.126. The molecule has 1 aliphatic carbocycles. The van der Waals surface area contributed by atoms with Crippen LogP contribution in [-0.2, 0) is 20.8 Å². The number of halogens is 3. The molecule has 1 aromatic heterocycles. The van der Waals surface area contributed by atoms with Crippen LogP contribution in [0.2, 0.25) is 0 Å². The Morgan fingerprint density at radius 1 is 1.09 bits per heavy atom. The van der Waals surface area contributed by atoms with Crippen LogP contribution in [0.15, 0.2) is 36.4 Å². The summed E-state index contributed by atoms with van der Waals surface area (Å²) in [4.78, 5) is 2.65. The van der Waals surface area contributed by atoms with Gasteiger partial charge < -0.3 is 25.0 Å². The summed E-state index contributed by atoms with van der Waals surface area (Å²) < 4.78 is 83.8. The predicted octanol–water partition coefficient (Wildman–Crippen LogP) is 5.54. The summed E-state index contributed by atoms with van der Waals surface area (Å²) in [5.41, 5.74) is 1.53. The van der Waals surface area contributed by atoms with E-state index in [-0.39, 0.29) is 42.9 Å². The van der Waals surface area contributed by atoms with Gasteiger partial charge >= 0.3 is 6.18 Å². The fraction of sp³-hybridized carbons (Fsp3) is 0.515. The Morgan fingerprint density at radius 3 is 2.47 bits per heavy atom. The van der Waals surface area contributed by atoms with Crippen LogP contribution < -0.4 is 20.7 Å². The molecule has 14 heteroatoms. The first-order valence-electron chi connectivity index (χ1n) is 15.7. The highest BCUT2D eigenvalue weighted by Crippen LogP contribution is 2.40. The van der Waals surface area contributed by atoms with E-state index in [2.05, 4.69) is 27.4 Å². The maximum absolute atomic E-state index is 13.7. The van der Waals surface area contributed by atoms with Crippen molar-refractivity contribution < 1.29 is 36.0 Å². The first-order valence-corrected chi connectivity index (χ1v) is 20.9. The van der Waals surface area contributed by atoms with Crippen LogP contribution in [0.5, 0.6) is 5.75 Å². The Kier molecular flexibility index (Phi) is 11.2. The zero-order valence-corrected chi connectivity index (χ0v) is 29.1. The van der Waals surface area contributed by atoms with Gasteiger partial charge in [0.1, 0.15) is 19.5 Å². The number of thiophene rings is 1. The molecule has 0 bridgehead atoms. The number of nitrogens with zero attached hydrogens (tertiary/aromatic N) is 1. The van der Waals surface area contributed by atoms with Crippen molar-refractivity contribution in [3.63, 3.8) is 0 Å². The van der Waals surface area contributed by atoms with Gasteiger partial charge in [0.05, 0.1) is 52.0 Å². The third-order valence-corrected chi connectivity index (χ3v) is 13.0. The van der Waals surface area contributed by atoms with Crippen molar-refractivity contribution in [3.05, 3.63) is 46.8 Å². The van der Waals surface area contributed by atoms with Gasteiger partial charge in [-0.1, -0.05) is 24.0 Å². The van der Waals surface area contributed by atoms with Crippen LogP contribution in [-0.4, -0.2) is 94.4 Å². The molecule has 2 heterocycles. The first-order chi connectivity index (χ1) is 22.2. The summed E-state index contributed by atoms with van der Waals surface area (Å²) in [5, 5.41) is 17.1.